The van der Waals surface area contributed by atoms with Gasteiger partial charge in [-0.25, -0.2) is 0 Å². The summed E-state index contributed by atoms with van der Waals surface area (Å²) in [6.07, 6.45) is 7.51. The summed E-state index contributed by atoms with van der Waals surface area (Å²) in [5, 5.41) is 13.2. The maximum Gasteiger partial charge on any atom is 0.0499 e. The van der Waals surface area contributed by atoms with E-state index in [-0.39, 0.29) is 5.41 Å². The zero-order chi connectivity index (χ0) is 12.0. The average molecular weight is 227 g/mol. The van der Waals surface area contributed by atoms with Crippen LogP contribution in [0.4, 0.5) is 0 Å². The van der Waals surface area contributed by atoms with E-state index >= 15 is 0 Å². The number of hydrogen-bond donors (Lipinski definition) is 2. The van der Waals surface area contributed by atoms with Crippen LogP contribution < -0.4 is 5.32 Å². The lowest BCUT2D eigenvalue weighted by Gasteiger charge is -2.31. The smallest absolute Gasteiger partial charge is 0.0499 e. The Hall–Kier alpha value is -0.0800. The van der Waals surface area contributed by atoms with Crippen LogP contribution in [0, 0.1) is 11.3 Å². The lowest BCUT2D eigenvalue weighted by atomic mass is 9.83. The van der Waals surface area contributed by atoms with E-state index in [9.17, 15) is 5.11 Å². The lowest BCUT2D eigenvalue weighted by molar-refractivity contribution is 0.109. The van der Waals surface area contributed by atoms with Gasteiger partial charge in [-0.2, -0.15) is 0 Å². The first-order chi connectivity index (χ1) is 7.69. The molecule has 16 heavy (non-hydrogen) atoms. The minimum atomic E-state index is 0.115. The standard InChI is InChI=1S/C14H29NO/c1-4-12-7-8-13(9-12)15-10-14(5-2,6-3)11-16/h12-13,15-16H,4-11H2,1-3H3. The van der Waals surface area contributed by atoms with E-state index in [0.29, 0.717) is 12.6 Å². The van der Waals surface area contributed by atoms with Crippen molar-refractivity contribution in [2.45, 2.75) is 65.3 Å². The molecular weight excluding hydrogens is 198 g/mol. The van der Waals surface area contributed by atoms with Crippen molar-refractivity contribution >= 4 is 0 Å². The number of aliphatic hydroxyl groups excluding tert-OH is 1. The zero-order valence-electron chi connectivity index (χ0n) is 11.3. The van der Waals surface area contributed by atoms with Crippen molar-refractivity contribution < 1.29 is 5.11 Å². The van der Waals surface area contributed by atoms with Gasteiger partial charge in [0.1, 0.15) is 0 Å². The summed E-state index contributed by atoms with van der Waals surface area (Å²) in [5.41, 5.74) is 0.115. The van der Waals surface area contributed by atoms with Crippen LogP contribution in [-0.4, -0.2) is 24.3 Å². The summed E-state index contributed by atoms with van der Waals surface area (Å²) >= 11 is 0. The highest BCUT2D eigenvalue weighted by Crippen LogP contribution is 2.30. The lowest BCUT2D eigenvalue weighted by Crippen LogP contribution is -2.40. The van der Waals surface area contributed by atoms with Crippen molar-refractivity contribution in [2.75, 3.05) is 13.2 Å². The van der Waals surface area contributed by atoms with E-state index in [1.165, 1.54) is 25.7 Å². The third kappa shape index (κ3) is 3.46. The summed E-state index contributed by atoms with van der Waals surface area (Å²) in [6, 6.07) is 0.703. The molecule has 0 spiro atoms. The highest BCUT2D eigenvalue weighted by molar-refractivity contribution is 4.84. The molecule has 0 bridgehead atoms. The van der Waals surface area contributed by atoms with E-state index in [2.05, 4.69) is 26.1 Å². The minimum absolute atomic E-state index is 0.115. The Kier molecular flexibility index (Phi) is 5.77. The third-order valence-electron chi connectivity index (χ3n) is 4.72. The first-order valence-corrected chi connectivity index (χ1v) is 7.04. The zero-order valence-corrected chi connectivity index (χ0v) is 11.3. The Morgan fingerprint density at radius 3 is 2.31 bits per heavy atom. The van der Waals surface area contributed by atoms with Gasteiger partial charge in [0.2, 0.25) is 0 Å². The highest BCUT2D eigenvalue weighted by atomic mass is 16.3. The van der Waals surface area contributed by atoms with Crippen LogP contribution in [0.1, 0.15) is 59.3 Å². The van der Waals surface area contributed by atoms with Gasteiger partial charge in [-0.05, 0) is 38.0 Å². The minimum Gasteiger partial charge on any atom is -0.396 e. The Labute approximate surface area is 101 Å². The van der Waals surface area contributed by atoms with Gasteiger partial charge >= 0.3 is 0 Å². The van der Waals surface area contributed by atoms with Gasteiger partial charge in [-0.1, -0.05) is 27.2 Å². The second-order valence-electron chi connectivity index (χ2n) is 5.53. The summed E-state index contributed by atoms with van der Waals surface area (Å²) < 4.78 is 0. The van der Waals surface area contributed by atoms with Crippen molar-refractivity contribution in [3.05, 3.63) is 0 Å². The van der Waals surface area contributed by atoms with Gasteiger partial charge in [-0.15, -0.1) is 0 Å². The van der Waals surface area contributed by atoms with Crippen molar-refractivity contribution in [1.82, 2.24) is 5.32 Å². The molecule has 0 aromatic carbocycles. The molecule has 2 heteroatoms. The maximum atomic E-state index is 9.51. The molecule has 0 aromatic rings. The Balaban J connectivity index is 2.33. The van der Waals surface area contributed by atoms with Crippen molar-refractivity contribution in [3.8, 4) is 0 Å². The number of rotatable bonds is 7. The fourth-order valence-corrected chi connectivity index (χ4v) is 2.77. The Morgan fingerprint density at radius 2 is 1.88 bits per heavy atom. The summed E-state index contributed by atoms with van der Waals surface area (Å²) in [4.78, 5) is 0. The van der Waals surface area contributed by atoms with E-state index in [1.807, 2.05) is 0 Å². The first-order valence-electron chi connectivity index (χ1n) is 7.04. The molecule has 1 aliphatic rings. The average Bonchev–Trinajstić information content (AvgIpc) is 2.80. The predicted molar refractivity (Wildman–Crippen MR) is 69.5 cm³/mol. The van der Waals surface area contributed by atoms with E-state index < -0.39 is 0 Å². The van der Waals surface area contributed by atoms with Crippen LogP contribution in [0.25, 0.3) is 0 Å². The van der Waals surface area contributed by atoms with Gasteiger partial charge in [-0.3, -0.25) is 0 Å². The van der Waals surface area contributed by atoms with E-state index in [0.717, 1.165) is 25.3 Å². The van der Waals surface area contributed by atoms with Crippen molar-refractivity contribution in [1.29, 1.82) is 0 Å². The van der Waals surface area contributed by atoms with Crippen molar-refractivity contribution in [3.63, 3.8) is 0 Å². The first kappa shape index (κ1) is 14.0. The Bertz CT molecular complexity index is 181. The summed E-state index contributed by atoms with van der Waals surface area (Å²) in [5.74, 6) is 0.935. The molecule has 96 valence electrons. The molecule has 2 atom stereocenters. The third-order valence-corrected chi connectivity index (χ3v) is 4.72. The molecule has 0 radical (unpaired) electrons. The largest absolute Gasteiger partial charge is 0.396 e. The van der Waals surface area contributed by atoms with Crippen molar-refractivity contribution in [2.24, 2.45) is 11.3 Å². The molecule has 2 nitrogen and oxygen atoms in total. The van der Waals surface area contributed by atoms with Crippen LogP contribution in [0.2, 0.25) is 0 Å². The predicted octanol–water partition coefficient (Wildman–Crippen LogP) is 2.95. The maximum absolute atomic E-state index is 9.51. The topological polar surface area (TPSA) is 32.3 Å². The van der Waals surface area contributed by atoms with Crippen LogP contribution >= 0.6 is 0 Å². The molecule has 0 aromatic heterocycles. The molecular formula is C14H29NO. The fourth-order valence-electron chi connectivity index (χ4n) is 2.77. The molecule has 0 saturated heterocycles. The SMILES string of the molecule is CCC1CCC(NCC(CC)(CC)CO)C1. The molecule has 2 N–H and O–H groups in total. The molecule has 0 heterocycles. The fraction of sp³-hybridized carbons (Fsp3) is 1.00. The monoisotopic (exact) mass is 227 g/mol. The molecule has 1 rings (SSSR count). The van der Waals surface area contributed by atoms with Gasteiger partial charge in [0, 0.05) is 24.6 Å². The Morgan fingerprint density at radius 1 is 1.19 bits per heavy atom. The van der Waals surface area contributed by atoms with Crippen LogP contribution in [0.5, 0.6) is 0 Å². The summed E-state index contributed by atoms with van der Waals surface area (Å²) in [7, 11) is 0. The molecule has 2 unspecified atom stereocenters. The van der Waals surface area contributed by atoms with Gasteiger partial charge in [0.25, 0.3) is 0 Å². The number of aliphatic hydroxyl groups is 1. The van der Waals surface area contributed by atoms with Crippen LogP contribution in [0.15, 0.2) is 0 Å². The molecule has 1 aliphatic carbocycles. The normalized spacial score (nSPS) is 26.2. The second-order valence-corrected chi connectivity index (χ2v) is 5.53. The highest BCUT2D eigenvalue weighted by Gasteiger charge is 2.28. The van der Waals surface area contributed by atoms with E-state index in [4.69, 9.17) is 0 Å². The number of nitrogens with one attached hydrogen (secondary N) is 1. The van der Waals surface area contributed by atoms with Gasteiger partial charge in [0.05, 0.1) is 0 Å². The van der Waals surface area contributed by atoms with Crippen LogP contribution in [-0.2, 0) is 0 Å². The molecule has 1 fully saturated rings. The molecule has 1 saturated carbocycles. The molecule has 0 amide bonds. The van der Waals surface area contributed by atoms with E-state index in [1.54, 1.807) is 0 Å². The quantitative estimate of drug-likeness (QED) is 0.701. The van der Waals surface area contributed by atoms with Crippen LogP contribution in [0.3, 0.4) is 0 Å². The molecule has 0 aliphatic heterocycles. The van der Waals surface area contributed by atoms with Gasteiger partial charge in [0.15, 0.2) is 0 Å². The summed E-state index contributed by atoms with van der Waals surface area (Å²) in [6.45, 7) is 7.97. The second kappa shape index (κ2) is 6.61. The number of hydrogen-bond acceptors (Lipinski definition) is 2. The van der Waals surface area contributed by atoms with Gasteiger partial charge < -0.3 is 10.4 Å².